The maximum atomic E-state index is 6.12. The van der Waals surface area contributed by atoms with Gasteiger partial charge >= 0.3 is 0 Å². The molecule has 17 heavy (non-hydrogen) atoms. The molecule has 1 heterocycles. The van der Waals surface area contributed by atoms with Crippen molar-refractivity contribution in [1.29, 1.82) is 0 Å². The van der Waals surface area contributed by atoms with Gasteiger partial charge in [-0.3, -0.25) is 4.90 Å². The first-order chi connectivity index (χ1) is 8.22. The molecule has 4 heteroatoms. The Balaban J connectivity index is 1.97. The summed E-state index contributed by atoms with van der Waals surface area (Å²) >= 11 is 6.12. The maximum absolute atomic E-state index is 6.12. The first-order valence-electron chi connectivity index (χ1n) is 5.95. The molecule has 2 rings (SSSR count). The third kappa shape index (κ3) is 3.12. The molecule has 0 saturated carbocycles. The molecule has 0 aliphatic carbocycles. The number of nitrogens with zero attached hydrogens (tertiary/aromatic N) is 1. The highest BCUT2D eigenvalue weighted by Gasteiger charge is 2.20. The minimum Gasteiger partial charge on any atom is -0.495 e. The number of likely N-dealkylation sites (tertiary alicyclic amines) is 1. The number of nitrogens with one attached hydrogen (secondary N) is 1. The van der Waals surface area contributed by atoms with Crippen LogP contribution in [0, 0.1) is 0 Å². The van der Waals surface area contributed by atoms with Crippen molar-refractivity contribution in [2.75, 3.05) is 27.2 Å². The first kappa shape index (κ1) is 12.7. The van der Waals surface area contributed by atoms with Gasteiger partial charge < -0.3 is 10.1 Å². The van der Waals surface area contributed by atoms with Gasteiger partial charge in [-0.1, -0.05) is 17.7 Å². The van der Waals surface area contributed by atoms with Crippen LogP contribution in [0.25, 0.3) is 0 Å². The van der Waals surface area contributed by atoms with Crippen molar-refractivity contribution in [1.82, 2.24) is 10.2 Å². The third-order valence-corrected chi connectivity index (χ3v) is 3.60. The van der Waals surface area contributed by atoms with Crippen molar-refractivity contribution < 1.29 is 4.74 Å². The lowest BCUT2D eigenvalue weighted by molar-refractivity contribution is 0.322. The quantitative estimate of drug-likeness (QED) is 0.891. The molecule has 3 nitrogen and oxygen atoms in total. The number of likely N-dealkylation sites (N-methyl/N-ethyl adjacent to an activating group) is 1. The van der Waals surface area contributed by atoms with E-state index in [1.54, 1.807) is 7.11 Å². The molecule has 1 saturated heterocycles. The fourth-order valence-electron chi connectivity index (χ4n) is 2.28. The van der Waals surface area contributed by atoms with E-state index in [1.165, 1.54) is 12.0 Å². The number of halogens is 1. The maximum Gasteiger partial charge on any atom is 0.137 e. The molecule has 1 aliphatic heterocycles. The van der Waals surface area contributed by atoms with Crippen LogP contribution in [0.4, 0.5) is 0 Å². The molecule has 0 bridgehead atoms. The van der Waals surface area contributed by atoms with E-state index in [0.29, 0.717) is 11.1 Å². The second-order valence-electron chi connectivity index (χ2n) is 4.48. The predicted octanol–water partition coefficient (Wildman–Crippen LogP) is 2.14. The molecule has 0 spiro atoms. The van der Waals surface area contributed by atoms with Crippen LogP contribution in [0.5, 0.6) is 5.75 Å². The number of hydrogen-bond acceptors (Lipinski definition) is 3. The van der Waals surface area contributed by atoms with Crippen LogP contribution in [-0.4, -0.2) is 38.2 Å². The minimum absolute atomic E-state index is 0.628. The Kier molecular flexibility index (Phi) is 4.26. The lowest BCUT2D eigenvalue weighted by Gasteiger charge is -2.16. The Morgan fingerprint density at radius 1 is 1.53 bits per heavy atom. The van der Waals surface area contributed by atoms with Crippen LogP contribution < -0.4 is 10.1 Å². The van der Waals surface area contributed by atoms with Crippen LogP contribution in [0.1, 0.15) is 12.0 Å². The van der Waals surface area contributed by atoms with E-state index in [4.69, 9.17) is 16.3 Å². The number of ether oxygens (including phenoxy) is 1. The summed E-state index contributed by atoms with van der Waals surface area (Å²) in [5.74, 6) is 0.741. The zero-order chi connectivity index (χ0) is 12.3. The number of rotatable bonds is 4. The van der Waals surface area contributed by atoms with Crippen molar-refractivity contribution in [3.8, 4) is 5.75 Å². The summed E-state index contributed by atoms with van der Waals surface area (Å²) in [6.45, 7) is 3.22. The molecule has 1 aromatic carbocycles. The topological polar surface area (TPSA) is 24.5 Å². The van der Waals surface area contributed by atoms with Crippen molar-refractivity contribution in [2.45, 2.75) is 19.0 Å². The zero-order valence-electron chi connectivity index (χ0n) is 10.4. The van der Waals surface area contributed by atoms with E-state index in [9.17, 15) is 0 Å². The van der Waals surface area contributed by atoms with Gasteiger partial charge in [-0.2, -0.15) is 0 Å². The fraction of sp³-hybridized carbons (Fsp3) is 0.538. The summed E-state index contributed by atoms with van der Waals surface area (Å²) in [6.07, 6.45) is 1.22. The van der Waals surface area contributed by atoms with Gasteiger partial charge in [-0.25, -0.2) is 0 Å². The minimum atomic E-state index is 0.628. The fourth-order valence-corrected chi connectivity index (χ4v) is 2.56. The summed E-state index contributed by atoms with van der Waals surface area (Å²) in [5.41, 5.74) is 1.24. The molecule has 1 aliphatic rings. The SMILES string of the molecule is CNC1CCN(Cc2ccc(OC)c(Cl)c2)C1. The summed E-state index contributed by atoms with van der Waals surface area (Å²) in [6, 6.07) is 6.64. The molecule has 1 fully saturated rings. The largest absolute Gasteiger partial charge is 0.495 e. The number of hydrogen-bond donors (Lipinski definition) is 1. The first-order valence-corrected chi connectivity index (χ1v) is 6.32. The van der Waals surface area contributed by atoms with Gasteiger partial charge in [0, 0.05) is 25.7 Å². The molecular weight excluding hydrogens is 236 g/mol. The van der Waals surface area contributed by atoms with Gasteiger partial charge in [0.1, 0.15) is 5.75 Å². The highest BCUT2D eigenvalue weighted by atomic mass is 35.5. The number of methoxy groups -OCH3 is 1. The van der Waals surface area contributed by atoms with Crippen LogP contribution in [-0.2, 0) is 6.54 Å². The van der Waals surface area contributed by atoms with Gasteiger partial charge in [0.05, 0.1) is 12.1 Å². The average molecular weight is 255 g/mol. The Hall–Kier alpha value is -0.770. The highest BCUT2D eigenvalue weighted by molar-refractivity contribution is 6.32. The summed E-state index contributed by atoms with van der Waals surface area (Å²) in [4.78, 5) is 2.44. The predicted molar refractivity (Wildman–Crippen MR) is 70.7 cm³/mol. The molecule has 94 valence electrons. The zero-order valence-corrected chi connectivity index (χ0v) is 11.1. The van der Waals surface area contributed by atoms with Crippen LogP contribution in [0.15, 0.2) is 18.2 Å². The Bertz CT molecular complexity index is 384. The van der Waals surface area contributed by atoms with Crippen molar-refractivity contribution in [3.05, 3.63) is 28.8 Å². The molecule has 1 atom stereocenters. The van der Waals surface area contributed by atoms with Gasteiger partial charge in [0.2, 0.25) is 0 Å². The summed E-state index contributed by atoms with van der Waals surface area (Å²) in [5, 5.41) is 4.01. The van der Waals surface area contributed by atoms with Crippen LogP contribution in [0.2, 0.25) is 5.02 Å². The van der Waals surface area contributed by atoms with Crippen molar-refractivity contribution >= 4 is 11.6 Å². The average Bonchev–Trinajstić information content (AvgIpc) is 2.77. The van der Waals surface area contributed by atoms with Gasteiger partial charge in [-0.15, -0.1) is 0 Å². The van der Waals surface area contributed by atoms with E-state index in [1.807, 2.05) is 19.2 Å². The second-order valence-corrected chi connectivity index (χ2v) is 4.89. The van der Waals surface area contributed by atoms with E-state index in [2.05, 4.69) is 16.3 Å². The Labute approximate surface area is 108 Å². The summed E-state index contributed by atoms with van der Waals surface area (Å²) < 4.78 is 5.15. The second kappa shape index (κ2) is 5.71. The van der Waals surface area contributed by atoms with Crippen molar-refractivity contribution in [3.63, 3.8) is 0 Å². The lowest BCUT2D eigenvalue weighted by Crippen LogP contribution is -2.29. The van der Waals surface area contributed by atoms with Crippen LogP contribution >= 0.6 is 11.6 Å². The molecule has 0 aromatic heterocycles. The monoisotopic (exact) mass is 254 g/mol. The molecule has 1 N–H and O–H groups in total. The number of benzene rings is 1. The normalized spacial score (nSPS) is 20.8. The van der Waals surface area contributed by atoms with Gasteiger partial charge in [0.25, 0.3) is 0 Å². The van der Waals surface area contributed by atoms with E-state index in [0.717, 1.165) is 25.4 Å². The van der Waals surface area contributed by atoms with Gasteiger partial charge in [-0.05, 0) is 31.2 Å². The van der Waals surface area contributed by atoms with Crippen molar-refractivity contribution in [2.24, 2.45) is 0 Å². The highest BCUT2D eigenvalue weighted by Crippen LogP contribution is 2.26. The lowest BCUT2D eigenvalue weighted by atomic mass is 10.2. The van der Waals surface area contributed by atoms with E-state index >= 15 is 0 Å². The molecular formula is C13H19ClN2O. The van der Waals surface area contributed by atoms with E-state index in [-0.39, 0.29) is 0 Å². The standard InChI is InChI=1S/C13H19ClN2O/c1-15-11-5-6-16(9-11)8-10-3-4-13(17-2)12(14)7-10/h3-4,7,11,15H,5-6,8-9H2,1-2H3. The van der Waals surface area contributed by atoms with E-state index < -0.39 is 0 Å². The smallest absolute Gasteiger partial charge is 0.137 e. The third-order valence-electron chi connectivity index (χ3n) is 3.30. The Morgan fingerprint density at radius 2 is 2.35 bits per heavy atom. The molecule has 0 radical (unpaired) electrons. The molecule has 1 unspecified atom stereocenters. The van der Waals surface area contributed by atoms with Gasteiger partial charge in [0.15, 0.2) is 0 Å². The summed E-state index contributed by atoms with van der Waals surface area (Å²) in [7, 11) is 3.66. The molecule has 1 aromatic rings. The molecule has 0 amide bonds. The Morgan fingerprint density at radius 3 is 2.94 bits per heavy atom. The van der Waals surface area contributed by atoms with Crippen LogP contribution in [0.3, 0.4) is 0 Å².